The maximum atomic E-state index is 12.6. The van der Waals surface area contributed by atoms with Crippen LogP contribution >= 0.6 is 23.4 Å². The van der Waals surface area contributed by atoms with Gasteiger partial charge in [-0.1, -0.05) is 11.6 Å². The van der Waals surface area contributed by atoms with Crippen molar-refractivity contribution in [2.24, 2.45) is 5.92 Å². The predicted molar refractivity (Wildman–Crippen MR) is 113 cm³/mol. The lowest BCUT2D eigenvalue weighted by molar-refractivity contribution is -0.119. The van der Waals surface area contributed by atoms with Crippen LogP contribution in [0.5, 0.6) is 0 Å². The molecule has 2 aromatic carbocycles. The van der Waals surface area contributed by atoms with Gasteiger partial charge in [0.2, 0.25) is 15.9 Å². The number of hydrogen-bond acceptors (Lipinski definition) is 4. The van der Waals surface area contributed by atoms with Crippen LogP contribution in [-0.4, -0.2) is 33.2 Å². The molecule has 1 fully saturated rings. The van der Waals surface area contributed by atoms with E-state index in [-0.39, 0.29) is 16.7 Å². The zero-order valence-electron chi connectivity index (χ0n) is 15.2. The van der Waals surface area contributed by atoms with E-state index in [2.05, 4.69) is 4.72 Å². The summed E-state index contributed by atoms with van der Waals surface area (Å²) in [6, 6.07) is 12.5. The van der Waals surface area contributed by atoms with Crippen LogP contribution in [0.15, 0.2) is 52.3 Å². The van der Waals surface area contributed by atoms with E-state index >= 15 is 0 Å². The molecule has 0 spiro atoms. The highest BCUT2D eigenvalue weighted by atomic mass is 35.5. The van der Waals surface area contributed by atoms with Gasteiger partial charge in [-0.2, -0.15) is 0 Å². The summed E-state index contributed by atoms with van der Waals surface area (Å²) in [5.41, 5.74) is 1.78. The minimum Gasteiger partial charge on any atom is -0.312 e. The fraction of sp³-hybridized carbons (Fsp3) is 0.350. The Bertz CT molecular complexity index is 989. The lowest BCUT2D eigenvalue weighted by Gasteiger charge is -2.17. The van der Waals surface area contributed by atoms with Crippen molar-refractivity contribution in [3.63, 3.8) is 0 Å². The molecule has 2 aromatic rings. The lowest BCUT2D eigenvalue weighted by atomic mass is 10.2. The standard InChI is InChI=1S/C20H21ClN2O3S2/c21-16-3-5-17(6-4-16)27-12-10-22-28(25,26)18-7-8-19-15(13-18)9-11-23(19)20(24)14-1-2-14/h3-8,13-14,22H,1-2,9-12H2. The van der Waals surface area contributed by atoms with Gasteiger partial charge in [0.15, 0.2) is 0 Å². The highest BCUT2D eigenvalue weighted by molar-refractivity contribution is 7.99. The van der Waals surface area contributed by atoms with Crippen molar-refractivity contribution in [2.45, 2.75) is 29.1 Å². The maximum Gasteiger partial charge on any atom is 0.240 e. The number of carbonyl (C=O) groups excluding carboxylic acids is 1. The predicted octanol–water partition coefficient (Wildman–Crippen LogP) is 3.71. The number of anilines is 1. The Kier molecular flexibility index (Phi) is 5.69. The average molecular weight is 437 g/mol. The molecule has 2 aliphatic rings. The Morgan fingerprint density at radius 1 is 1.18 bits per heavy atom. The largest absolute Gasteiger partial charge is 0.312 e. The molecule has 0 aromatic heterocycles. The summed E-state index contributed by atoms with van der Waals surface area (Å²) < 4.78 is 27.9. The molecule has 0 atom stereocenters. The van der Waals surface area contributed by atoms with Gasteiger partial charge in [0.05, 0.1) is 4.90 Å². The van der Waals surface area contributed by atoms with Gasteiger partial charge in [0.25, 0.3) is 0 Å². The first-order chi connectivity index (χ1) is 13.4. The normalized spacial score (nSPS) is 16.2. The molecule has 8 heteroatoms. The van der Waals surface area contributed by atoms with Gasteiger partial charge in [-0.3, -0.25) is 4.79 Å². The van der Waals surface area contributed by atoms with Gasteiger partial charge in [0.1, 0.15) is 0 Å². The van der Waals surface area contributed by atoms with Crippen molar-refractivity contribution < 1.29 is 13.2 Å². The minimum absolute atomic E-state index is 0.161. The Balaban J connectivity index is 1.36. The zero-order valence-corrected chi connectivity index (χ0v) is 17.6. The summed E-state index contributed by atoms with van der Waals surface area (Å²) in [5, 5.41) is 0.680. The summed E-state index contributed by atoms with van der Waals surface area (Å²) in [5.74, 6) is 0.955. The number of benzene rings is 2. The van der Waals surface area contributed by atoms with E-state index in [0.29, 0.717) is 30.3 Å². The smallest absolute Gasteiger partial charge is 0.240 e. The number of halogens is 1. The van der Waals surface area contributed by atoms with Crippen LogP contribution in [0, 0.1) is 5.92 Å². The second-order valence-electron chi connectivity index (χ2n) is 7.00. The van der Waals surface area contributed by atoms with Crippen LogP contribution in [0.25, 0.3) is 0 Å². The molecule has 0 saturated heterocycles. The van der Waals surface area contributed by atoms with E-state index in [4.69, 9.17) is 11.6 Å². The van der Waals surface area contributed by atoms with Gasteiger partial charge in [-0.05, 0) is 67.3 Å². The highest BCUT2D eigenvalue weighted by Crippen LogP contribution is 2.37. The quantitative estimate of drug-likeness (QED) is 0.530. The van der Waals surface area contributed by atoms with Crippen molar-refractivity contribution in [3.05, 3.63) is 53.1 Å². The SMILES string of the molecule is O=C(C1CC1)N1CCc2cc(S(=O)(=O)NCCSc3ccc(Cl)cc3)ccc21. The molecule has 1 aliphatic carbocycles. The van der Waals surface area contributed by atoms with Crippen molar-refractivity contribution >= 4 is 45.0 Å². The Hall–Kier alpha value is -1.54. The molecule has 0 radical (unpaired) electrons. The Labute approximate surface area is 174 Å². The molecule has 1 saturated carbocycles. The number of fused-ring (bicyclic) bond motifs is 1. The first-order valence-electron chi connectivity index (χ1n) is 9.26. The third-order valence-corrected chi connectivity index (χ3v) is 7.65. The van der Waals surface area contributed by atoms with Crippen LogP contribution in [0.3, 0.4) is 0 Å². The van der Waals surface area contributed by atoms with E-state index < -0.39 is 10.0 Å². The molecule has 1 aliphatic heterocycles. The third-order valence-electron chi connectivity index (χ3n) is 4.93. The number of sulfonamides is 1. The fourth-order valence-corrected chi connectivity index (χ4v) is 5.39. The van der Waals surface area contributed by atoms with E-state index in [0.717, 1.165) is 29.0 Å². The van der Waals surface area contributed by atoms with Crippen molar-refractivity contribution in [1.29, 1.82) is 0 Å². The number of nitrogens with zero attached hydrogens (tertiary/aromatic N) is 1. The average Bonchev–Trinajstić information content (AvgIpc) is 3.45. The molecule has 0 unspecified atom stereocenters. The van der Waals surface area contributed by atoms with Crippen molar-refractivity contribution in [3.8, 4) is 0 Å². The third kappa shape index (κ3) is 4.38. The van der Waals surface area contributed by atoms with Gasteiger partial charge in [-0.25, -0.2) is 13.1 Å². The Morgan fingerprint density at radius 2 is 1.93 bits per heavy atom. The van der Waals surface area contributed by atoms with Crippen LogP contribution in [0.1, 0.15) is 18.4 Å². The molecule has 1 heterocycles. The second kappa shape index (κ2) is 8.06. The lowest BCUT2D eigenvalue weighted by Crippen LogP contribution is -2.30. The van der Waals surface area contributed by atoms with Gasteiger partial charge in [0, 0.05) is 40.4 Å². The molecule has 5 nitrogen and oxygen atoms in total. The summed E-state index contributed by atoms with van der Waals surface area (Å²) in [6.45, 7) is 0.971. The van der Waals surface area contributed by atoms with E-state index in [1.54, 1.807) is 34.9 Å². The molecule has 1 N–H and O–H groups in total. The van der Waals surface area contributed by atoms with Crippen molar-refractivity contribution in [1.82, 2.24) is 4.72 Å². The van der Waals surface area contributed by atoms with E-state index in [1.807, 2.05) is 24.3 Å². The number of nitrogens with one attached hydrogen (secondary N) is 1. The van der Waals surface area contributed by atoms with E-state index in [9.17, 15) is 13.2 Å². The number of thioether (sulfide) groups is 1. The first-order valence-corrected chi connectivity index (χ1v) is 12.1. The van der Waals surface area contributed by atoms with Gasteiger partial charge >= 0.3 is 0 Å². The first kappa shape index (κ1) is 19.8. The van der Waals surface area contributed by atoms with Crippen LogP contribution < -0.4 is 9.62 Å². The fourth-order valence-electron chi connectivity index (χ4n) is 3.28. The molecule has 148 valence electrons. The minimum atomic E-state index is -3.57. The number of carbonyl (C=O) groups is 1. The molecule has 1 amide bonds. The Morgan fingerprint density at radius 3 is 2.64 bits per heavy atom. The van der Waals surface area contributed by atoms with Crippen LogP contribution in [0.2, 0.25) is 5.02 Å². The van der Waals surface area contributed by atoms with Crippen LogP contribution in [-0.2, 0) is 21.2 Å². The molecular weight excluding hydrogens is 416 g/mol. The van der Waals surface area contributed by atoms with Gasteiger partial charge in [-0.15, -0.1) is 11.8 Å². The molecular formula is C20H21ClN2O3S2. The summed E-state index contributed by atoms with van der Waals surface area (Å²) in [7, 11) is -3.57. The molecule has 28 heavy (non-hydrogen) atoms. The number of amides is 1. The van der Waals surface area contributed by atoms with E-state index in [1.165, 1.54) is 0 Å². The number of rotatable bonds is 7. The summed E-state index contributed by atoms with van der Waals surface area (Å²) >= 11 is 7.43. The molecule has 0 bridgehead atoms. The monoisotopic (exact) mass is 436 g/mol. The zero-order chi connectivity index (χ0) is 19.7. The second-order valence-corrected chi connectivity index (χ2v) is 10.4. The van der Waals surface area contributed by atoms with Crippen LogP contribution in [0.4, 0.5) is 5.69 Å². The van der Waals surface area contributed by atoms with Gasteiger partial charge < -0.3 is 4.90 Å². The summed E-state index contributed by atoms with van der Waals surface area (Å²) in [6.07, 6.45) is 2.63. The topological polar surface area (TPSA) is 66.5 Å². The van der Waals surface area contributed by atoms with Crippen molar-refractivity contribution in [2.75, 3.05) is 23.7 Å². The highest BCUT2D eigenvalue weighted by Gasteiger charge is 2.36. The maximum absolute atomic E-state index is 12.6. The molecule has 4 rings (SSSR count). The summed E-state index contributed by atoms with van der Waals surface area (Å²) in [4.78, 5) is 15.4. The number of hydrogen-bond donors (Lipinski definition) is 1.